The molecule has 6 rings (SSSR count). The zero-order chi connectivity index (χ0) is 21.7. The number of fused-ring (bicyclic) bond motifs is 4. The minimum atomic E-state index is -0.309. The van der Waals surface area contributed by atoms with E-state index in [1.165, 1.54) is 23.5 Å². The monoisotopic (exact) mass is 453 g/mol. The number of rotatable bonds is 5. The van der Waals surface area contributed by atoms with Crippen LogP contribution >= 0.6 is 11.3 Å². The van der Waals surface area contributed by atoms with Gasteiger partial charge in [0.25, 0.3) is 5.19 Å². The van der Waals surface area contributed by atoms with Gasteiger partial charge in [0.2, 0.25) is 10.7 Å². The smallest absolute Gasteiger partial charge is 0.294 e. The molecule has 0 N–H and O–H groups in total. The van der Waals surface area contributed by atoms with Crippen LogP contribution in [0, 0.1) is 5.82 Å². The largest absolute Gasteiger partial charge is 0.490 e. The molecule has 0 radical (unpaired) electrons. The van der Waals surface area contributed by atoms with E-state index in [2.05, 4.69) is 10.1 Å². The predicted octanol–water partition coefficient (Wildman–Crippen LogP) is 4.57. The van der Waals surface area contributed by atoms with Gasteiger partial charge in [-0.1, -0.05) is 0 Å². The minimum absolute atomic E-state index is 0.272. The highest BCUT2D eigenvalue weighted by Crippen LogP contribution is 2.42. The molecular formula is C22H16FN3O5S. The van der Waals surface area contributed by atoms with Crippen molar-refractivity contribution in [1.29, 1.82) is 0 Å². The highest BCUT2D eigenvalue weighted by atomic mass is 32.1. The first-order valence-electron chi connectivity index (χ1n) is 9.81. The van der Waals surface area contributed by atoms with E-state index in [4.69, 9.17) is 23.4 Å². The van der Waals surface area contributed by atoms with Crippen LogP contribution in [0.4, 0.5) is 4.39 Å². The lowest BCUT2D eigenvalue weighted by Crippen LogP contribution is -2.34. The fourth-order valence-electron chi connectivity index (χ4n) is 3.49. The van der Waals surface area contributed by atoms with Gasteiger partial charge >= 0.3 is 0 Å². The summed E-state index contributed by atoms with van der Waals surface area (Å²) in [6.07, 6.45) is 1.49. The normalized spacial score (nSPS) is 15.4. The summed E-state index contributed by atoms with van der Waals surface area (Å²) in [5.74, 6) is 1.99. The van der Waals surface area contributed by atoms with Crippen molar-refractivity contribution in [2.75, 3.05) is 20.3 Å². The Morgan fingerprint density at radius 1 is 1.22 bits per heavy atom. The number of hydrogen-bond donors (Lipinski definition) is 0. The number of ether oxygens (including phenoxy) is 4. The quantitative estimate of drug-likeness (QED) is 0.386. The van der Waals surface area contributed by atoms with Crippen LogP contribution in [0.25, 0.3) is 27.4 Å². The van der Waals surface area contributed by atoms with E-state index in [9.17, 15) is 4.39 Å². The van der Waals surface area contributed by atoms with Gasteiger partial charge in [-0.25, -0.2) is 13.9 Å². The van der Waals surface area contributed by atoms with Gasteiger partial charge in [-0.3, -0.25) is 0 Å². The lowest BCUT2D eigenvalue weighted by atomic mass is 10.2. The van der Waals surface area contributed by atoms with Gasteiger partial charge in [-0.05, 0) is 53.8 Å². The first kappa shape index (κ1) is 18.9. The molecule has 0 saturated heterocycles. The van der Waals surface area contributed by atoms with Gasteiger partial charge in [0.05, 0.1) is 13.3 Å². The number of imidazole rings is 1. The molecule has 0 spiro atoms. The van der Waals surface area contributed by atoms with Crippen molar-refractivity contribution >= 4 is 27.3 Å². The Hall–Kier alpha value is -3.79. The molecule has 8 nitrogen and oxygen atoms in total. The van der Waals surface area contributed by atoms with Crippen molar-refractivity contribution in [3.63, 3.8) is 0 Å². The van der Waals surface area contributed by atoms with Crippen LogP contribution in [0.5, 0.6) is 22.4 Å². The van der Waals surface area contributed by atoms with E-state index in [1.807, 2.05) is 18.2 Å². The second-order valence-corrected chi connectivity index (χ2v) is 8.08. The summed E-state index contributed by atoms with van der Waals surface area (Å²) in [6, 6.07) is 11.5. The molecule has 162 valence electrons. The Kier molecular flexibility index (Phi) is 4.39. The Balaban J connectivity index is 1.23. The van der Waals surface area contributed by atoms with Crippen molar-refractivity contribution < 1.29 is 27.8 Å². The van der Waals surface area contributed by atoms with E-state index >= 15 is 0 Å². The highest BCUT2D eigenvalue weighted by molar-refractivity contribution is 7.18. The maximum absolute atomic E-state index is 13.0. The Morgan fingerprint density at radius 3 is 2.91 bits per heavy atom. The molecule has 3 aromatic heterocycles. The van der Waals surface area contributed by atoms with Crippen LogP contribution in [0.1, 0.15) is 0 Å². The van der Waals surface area contributed by atoms with E-state index in [0.717, 1.165) is 5.39 Å². The third-order valence-corrected chi connectivity index (χ3v) is 5.90. The van der Waals surface area contributed by atoms with Crippen molar-refractivity contribution in [2.45, 2.75) is 6.10 Å². The average molecular weight is 453 g/mol. The maximum atomic E-state index is 13.0. The molecule has 4 heterocycles. The molecule has 1 atom stereocenters. The molecule has 5 aromatic rings. The van der Waals surface area contributed by atoms with Crippen molar-refractivity contribution in [1.82, 2.24) is 14.6 Å². The van der Waals surface area contributed by atoms with Gasteiger partial charge in [-0.2, -0.15) is 0 Å². The van der Waals surface area contributed by atoms with Gasteiger partial charge in [-0.15, -0.1) is 5.10 Å². The standard InChI is InChI=1S/C22H16FN3O5S/c1-27-22-25-26-9-16(24-21(26)32-22)18-8-12-2-7-17-20(19(12)31-18)29-11-15(30-17)10-28-14-5-3-13(23)4-6-14/h2-9,15H,10-11H2,1H3. The fourth-order valence-corrected chi connectivity index (χ4v) is 4.19. The molecule has 32 heavy (non-hydrogen) atoms. The molecular weight excluding hydrogens is 437 g/mol. The summed E-state index contributed by atoms with van der Waals surface area (Å²) < 4.78 is 43.6. The number of halogens is 1. The zero-order valence-corrected chi connectivity index (χ0v) is 17.6. The first-order valence-corrected chi connectivity index (χ1v) is 10.6. The number of furan rings is 1. The highest BCUT2D eigenvalue weighted by Gasteiger charge is 2.26. The van der Waals surface area contributed by atoms with Gasteiger partial charge < -0.3 is 23.4 Å². The lowest BCUT2D eigenvalue weighted by Gasteiger charge is -2.26. The molecule has 2 aromatic carbocycles. The van der Waals surface area contributed by atoms with Gasteiger partial charge in [0, 0.05) is 5.39 Å². The van der Waals surface area contributed by atoms with Crippen LogP contribution in [0.3, 0.4) is 0 Å². The van der Waals surface area contributed by atoms with Crippen LogP contribution in [0.15, 0.2) is 53.1 Å². The van der Waals surface area contributed by atoms with Crippen LogP contribution in [-0.2, 0) is 0 Å². The van der Waals surface area contributed by atoms with E-state index in [-0.39, 0.29) is 18.5 Å². The van der Waals surface area contributed by atoms with E-state index in [0.29, 0.717) is 51.0 Å². The predicted molar refractivity (Wildman–Crippen MR) is 114 cm³/mol. The third-order valence-electron chi connectivity index (χ3n) is 5.01. The molecule has 0 aliphatic carbocycles. The molecule has 0 saturated carbocycles. The minimum Gasteiger partial charge on any atom is -0.490 e. The third kappa shape index (κ3) is 3.28. The molecule has 10 heteroatoms. The summed E-state index contributed by atoms with van der Waals surface area (Å²) in [6.45, 7) is 0.571. The van der Waals surface area contributed by atoms with Gasteiger partial charge in [0.1, 0.15) is 30.5 Å². The van der Waals surface area contributed by atoms with Gasteiger partial charge in [0.15, 0.2) is 23.2 Å². The number of nitrogens with zero attached hydrogens (tertiary/aromatic N) is 3. The Labute approximate surface area is 184 Å². The summed E-state index contributed by atoms with van der Waals surface area (Å²) in [5.41, 5.74) is 1.26. The molecule has 0 bridgehead atoms. The van der Waals surface area contributed by atoms with Crippen molar-refractivity contribution in [3.8, 4) is 33.9 Å². The molecule has 1 aliphatic heterocycles. The van der Waals surface area contributed by atoms with Crippen molar-refractivity contribution in [2.24, 2.45) is 0 Å². The molecule has 0 fully saturated rings. The summed E-state index contributed by atoms with van der Waals surface area (Å²) in [7, 11) is 1.57. The topological polar surface area (TPSA) is 80.3 Å². The summed E-state index contributed by atoms with van der Waals surface area (Å²) >= 11 is 1.35. The summed E-state index contributed by atoms with van der Waals surface area (Å²) in [5, 5.41) is 5.71. The number of hydrogen-bond acceptors (Lipinski definition) is 8. The number of benzene rings is 2. The van der Waals surface area contributed by atoms with Crippen LogP contribution in [-0.4, -0.2) is 41.0 Å². The first-order chi connectivity index (χ1) is 15.7. The molecule has 1 unspecified atom stereocenters. The lowest BCUT2D eigenvalue weighted by molar-refractivity contribution is 0.0540. The number of methoxy groups -OCH3 is 1. The zero-order valence-electron chi connectivity index (χ0n) is 16.8. The van der Waals surface area contributed by atoms with E-state index < -0.39 is 0 Å². The second-order valence-electron chi connectivity index (χ2n) is 7.16. The Bertz CT molecular complexity index is 1390. The Morgan fingerprint density at radius 2 is 2.09 bits per heavy atom. The molecule has 1 aliphatic rings. The number of aromatic nitrogens is 3. The second kappa shape index (κ2) is 7.41. The van der Waals surface area contributed by atoms with E-state index in [1.54, 1.807) is 30.0 Å². The molecule has 0 amide bonds. The summed E-state index contributed by atoms with van der Waals surface area (Å²) in [4.78, 5) is 5.27. The van der Waals surface area contributed by atoms with Crippen LogP contribution < -0.4 is 18.9 Å². The SMILES string of the molecule is COc1nn2cc(-c3cc4ccc5c(c4o3)OCC(COc3ccc(F)cc3)O5)nc2s1. The fraction of sp³-hybridized carbons (Fsp3) is 0.182. The average Bonchev–Trinajstić information content (AvgIpc) is 3.51. The van der Waals surface area contributed by atoms with Crippen molar-refractivity contribution in [3.05, 3.63) is 54.5 Å². The maximum Gasteiger partial charge on any atom is 0.294 e. The van der Waals surface area contributed by atoms with Crippen LogP contribution in [0.2, 0.25) is 0 Å².